The van der Waals surface area contributed by atoms with Gasteiger partial charge in [-0.2, -0.15) is 0 Å². The van der Waals surface area contributed by atoms with E-state index < -0.39 is 0 Å². The zero-order valence-electron chi connectivity index (χ0n) is 15.2. The molecule has 3 rings (SSSR count). The van der Waals surface area contributed by atoms with Crippen LogP contribution in [0.15, 0.2) is 42.5 Å². The fraction of sp³-hybridized carbons (Fsp3) is 0.476. The Bertz CT molecular complexity index is 700. The highest BCUT2D eigenvalue weighted by Crippen LogP contribution is 2.15. The number of urea groups is 1. The summed E-state index contributed by atoms with van der Waals surface area (Å²) >= 11 is 0. The highest BCUT2D eigenvalue weighted by molar-refractivity contribution is 5.83. The highest BCUT2D eigenvalue weighted by Gasteiger charge is 2.18. The van der Waals surface area contributed by atoms with Gasteiger partial charge in [-0.05, 0) is 48.3 Å². The average molecular weight is 339 g/mol. The smallest absolute Gasteiger partial charge is 0.317 e. The van der Waals surface area contributed by atoms with Crippen LogP contribution in [0.3, 0.4) is 0 Å². The van der Waals surface area contributed by atoms with Gasteiger partial charge in [-0.15, -0.1) is 0 Å². The number of hydrogen-bond acceptors (Lipinski definition) is 2. The third-order valence-electron chi connectivity index (χ3n) is 4.96. The lowest BCUT2D eigenvalue weighted by molar-refractivity contribution is 0.197. The summed E-state index contributed by atoms with van der Waals surface area (Å²) in [6, 6.07) is 14.8. The van der Waals surface area contributed by atoms with Crippen molar-refractivity contribution in [3.8, 4) is 0 Å². The third kappa shape index (κ3) is 4.95. The molecule has 0 aliphatic carbocycles. The predicted molar refractivity (Wildman–Crippen MR) is 104 cm³/mol. The van der Waals surface area contributed by atoms with Crippen LogP contribution in [0.1, 0.15) is 31.7 Å². The molecule has 0 saturated carbocycles. The molecule has 0 bridgehead atoms. The van der Waals surface area contributed by atoms with Gasteiger partial charge in [0, 0.05) is 26.2 Å². The lowest BCUT2D eigenvalue weighted by Gasteiger charge is -2.22. The van der Waals surface area contributed by atoms with Crippen molar-refractivity contribution in [3.05, 3.63) is 48.0 Å². The van der Waals surface area contributed by atoms with Crippen molar-refractivity contribution in [2.24, 2.45) is 0 Å². The molecular weight excluding hydrogens is 310 g/mol. The van der Waals surface area contributed by atoms with Gasteiger partial charge in [-0.25, -0.2) is 4.79 Å². The second-order valence-electron chi connectivity index (χ2n) is 6.88. The van der Waals surface area contributed by atoms with Crippen LogP contribution >= 0.6 is 0 Å². The van der Waals surface area contributed by atoms with E-state index in [1.54, 1.807) is 0 Å². The number of nitrogens with one attached hydrogen (secondary N) is 1. The first kappa shape index (κ1) is 17.7. The molecule has 0 atom stereocenters. The van der Waals surface area contributed by atoms with E-state index in [9.17, 15) is 4.79 Å². The Labute approximate surface area is 150 Å². The van der Waals surface area contributed by atoms with E-state index in [0.717, 1.165) is 44.7 Å². The van der Waals surface area contributed by atoms with Gasteiger partial charge >= 0.3 is 6.03 Å². The van der Waals surface area contributed by atoms with Gasteiger partial charge < -0.3 is 15.1 Å². The maximum Gasteiger partial charge on any atom is 0.317 e. The minimum absolute atomic E-state index is 0.0606. The molecule has 1 saturated heterocycles. The van der Waals surface area contributed by atoms with Crippen LogP contribution in [0.25, 0.3) is 10.8 Å². The molecule has 25 heavy (non-hydrogen) atoms. The molecular formula is C21H29N3O. The van der Waals surface area contributed by atoms with E-state index in [1.807, 2.05) is 17.0 Å². The van der Waals surface area contributed by atoms with Crippen LogP contribution in [0.5, 0.6) is 0 Å². The monoisotopic (exact) mass is 339 g/mol. The maximum atomic E-state index is 12.5. The van der Waals surface area contributed by atoms with Crippen LogP contribution in [0, 0.1) is 0 Å². The first-order chi connectivity index (χ1) is 12.3. The molecule has 4 heteroatoms. The highest BCUT2D eigenvalue weighted by atomic mass is 16.2. The van der Waals surface area contributed by atoms with Crippen molar-refractivity contribution in [1.29, 1.82) is 0 Å². The maximum absolute atomic E-state index is 12.5. The van der Waals surface area contributed by atoms with E-state index in [4.69, 9.17) is 0 Å². The summed E-state index contributed by atoms with van der Waals surface area (Å²) in [6.45, 7) is 7.74. The summed E-state index contributed by atoms with van der Waals surface area (Å²) in [6.07, 6.45) is 3.54. The average Bonchev–Trinajstić information content (AvgIpc) is 2.90. The molecule has 1 heterocycles. The summed E-state index contributed by atoms with van der Waals surface area (Å²) < 4.78 is 0. The largest absolute Gasteiger partial charge is 0.334 e. The van der Waals surface area contributed by atoms with Crippen LogP contribution in [-0.4, -0.2) is 48.6 Å². The van der Waals surface area contributed by atoms with Crippen molar-refractivity contribution >= 4 is 16.8 Å². The molecule has 134 valence electrons. The number of hydrogen-bond donors (Lipinski definition) is 1. The predicted octanol–water partition coefficient (Wildman–Crippen LogP) is 3.86. The van der Waals surface area contributed by atoms with Gasteiger partial charge in [0.05, 0.1) is 0 Å². The second kappa shape index (κ2) is 8.86. The van der Waals surface area contributed by atoms with Crippen molar-refractivity contribution in [2.45, 2.75) is 32.7 Å². The number of nitrogens with zero attached hydrogens (tertiary/aromatic N) is 2. The Morgan fingerprint density at radius 3 is 2.72 bits per heavy atom. The summed E-state index contributed by atoms with van der Waals surface area (Å²) in [5.74, 6) is 0. The standard InChI is InChI=1S/C21H29N3O/c1-2-3-11-23-12-6-13-24(15-14-23)21(25)22-17-18-9-10-19-7-4-5-8-20(19)16-18/h4-5,7-10,16H,2-3,6,11-15,17H2,1H3,(H,22,25). The van der Waals surface area contributed by atoms with E-state index in [1.165, 1.54) is 23.6 Å². The Hall–Kier alpha value is -2.07. The van der Waals surface area contributed by atoms with E-state index >= 15 is 0 Å². The Balaban J connectivity index is 1.51. The van der Waals surface area contributed by atoms with Crippen LogP contribution in [0.2, 0.25) is 0 Å². The van der Waals surface area contributed by atoms with Crippen LogP contribution in [0.4, 0.5) is 4.79 Å². The Kier molecular flexibility index (Phi) is 6.29. The van der Waals surface area contributed by atoms with Crippen molar-refractivity contribution in [2.75, 3.05) is 32.7 Å². The molecule has 0 aromatic heterocycles. The van der Waals surface area contributed by atoms with Crippen molar-refractivity contribution in [3.63, 3.8) is 0 Å². The van der Waals surface area contributed by atoms with Gasteiger partial charge in [-0.3, -0.25) is 0 Å². The molecule has 0 spiro atoms. The molecule has 1 aliphatic heterocycles. The van der Waals surface area contributed by atoms with Crippen LogP contribution < -0.4 is 5.32 Å². The molecule has 1 fully saturated rings. The number of carbonyl (C=O) groups excluding carboxylic acids is 1. The molecule has 0 unspecified atom stereocenters. The second-order valence-corrected chi connectivity index (χ2v) is 6.88. The minimum atomic E-state index is 0.0606. The summed E-state index contributed by atoms with van der Waals surface area (Å²) in [4.78, 5) is 17.0. The third-order valence-corrected chi connectivity index (χ3v) is 4.96. The summed E-state index contributed by atoms with van der Waals surface area (Å²) in [5.41, 5.74) is 1.14. The lowest BCUT2D eigenvalue weighted by Crippen LogP contribution is -2.41. The van der Waals surface area contributed by atoms with E-state index in [-0.39, 0.29) is 6.03 Å². The quantitative estimate of drug-likeness (QED) is 0.898. The number of unbranched alkanes of at least 4 members (excludes halogenated alkanes) is 1. The minimum Gasteiger partial charge on any atom is -0.334 e. The fourth-order valence-corrected chi connectivity index (χ4v) is 3.42. The SMILES string of the molecule is CCCCN1CCCN(C(=O)NCc2ccc3ccccc3c2)CC1. The van der Waals surface area contributed by atoms with Gasteiger partial charge in [0.15, 0.2) is 0 Å². The van der Waals surface area contributed by atoms with Crippen molar-refractivity contribution in [1.82, 2.24) is 15.1 Å². The molecule has 0 radical (unpaired) electrons. The zero-order chi connectivity index (χ0) is 17.5. The van der Waals surface area contributed by atoms with Gasteiger partial charge in [-0.1, -0.05) is 49.7 Å². The number of amides is 2. The lowest BCUT2D eigenvalue weighted by atomic mass is 10.1. The molecule has 2 amide bonds. The Morgan fingerprint density at radius 2 is 1.88 bits per heavy atom. The fourth-order valence-electron chi connectivity index (χ4n) is 3.42. The van der Waals surface area contributed by atoms with Gasteiger partial charge in [0.1, 0.15) is 0 Å². The van der Waals surface area contributed by atoms with E-state index in [2.05, 4.69) is 47.5 Å². The number of rotatable bonds is 5. The van der Waals surface area contributed by atoms with Gasteiger partial charge in [0.2, 0.25) is 0 Å². The first-order valence-electron chi connectivity index (χ1n) is 9.49. The summed E-state index contributed by atoms with van der Waals surface area (Å²) in [7, 11) is 0. The van der Waals surface area contributed by atoms with Crippen LogP contribution in [-0.2, 0) is 6.54 Å². The normalized spacial score (nSPS) is 16.0. The zero-order valence-corrected chi connectivity index (χ0v) is 15.2. The number of fused-ring (bicyclic) bond motifs is 1. The van der Waals surface area contributed by atoms with E-state index in [0.29, 0.717) is 6.54 Å². The molecule has 1 N–H and O–H groups in total. The Morgan fingerprint density at radius 1 is 1.04 bits per heavy atom. The summed E-state index contributed by atoms with van der Waals surface area (Å²) in [5, 5.41) is 5.54. The van der Waals surface area contributed by atoms with Gasteiger partial charge in [0.25, 0.3) is 0 Å². The molecule has 4 nitrogen and oxygen atoms in total. The van der Waals surface area contributed by atoms with Crippen molar-refractivity contribution < 1.29 is 4.79 Å². The molecule has 2 aromatic rings. The topological polar surface area (TPSA) is 35.6 Å². The number of carbonyl (C=O) groups is 1. The molecule has 1 aliphatic rings. The number of benzene rings is 2. The molecule has 2 aromatic carbocycles. The first-order valence-corrected chi connectivity index (χ1v) is 9.49.